The molecule has 3 heteroatoms. The van der Waals surface area contributed by atoms with Crippen LogP contribution >= 0.6 is 23.1 Å². The first-order valence-corrected chi connectivity index (χ1v) is 7.29. The van der Waals surface area contributed by atoms with Gasteiger partial charge in [-0.3, -0.25) is 0 Å². The van der Waals surface area contributed by atoms with Crippen LogP contribution in [0.15, 0.2) is 18.7 Å². The lowest BCUT2D eigenvalue weighted by molar-refractivity contribution is 0.614. The highest BCUT2D eigenvalue weighted by atomic mass is 32.2. The lowest BCUT2D eigenvalue weighted by Gasteiger charge is -2.11. The smallest absolute Gasteiger partial charge is 0.0447 e. The Morgan fingerprint density at radius 1 is 1.67 bits per heavy atom. The summed E-state index contributed by atoms with van der Waals surface area (Å²) in [5, 5.41) is 3.36. The Kier molecular flexibility index (Phi) is 3.89. The number of hydrogen-bond acceptors (Lipinski definition) is 3. The molecule has 0 aromatic carbocycles. The minimum atomic E-state index is 0.461. The summed E-state index contributed by atoms with van der Waals surface area (Å²) in [5.41, 5.74) is 1.57. The van der Waals surface area contributed by atoms with Crippen LogP contribution in [0.1, 0.15) is 27.8 Å². The normalized spacial score (nSPS) is 17.1. The SMILES string of the molecule is C=CCC(NC)c1cc2c(s1)CCSC2. The van der Waals surface area contributed by atoms with Gasteiger partial charge >= 0.3 is 0 Å². The van der Waals surface area contributed by atoms with Gasteiger partial charge in [-0.1, -0.05) is 6.08 Å². The van der Waals surface area contributed by atoms with Gasteiger partial charge in [0.05, 0.1) is 0 Å². The number of aryl methyl sites for hydroxylation is 1. The first kappa shape index (κ1) is 11.2. The van der Waals surface area contributed by atoms with E-state index in [2.05, 4.69) is 18.0 Å². The van der Waals surface area contributed by atoms with Crippen LogP contribution in [0, 0.1) is 0 Å². The summed E-state index contributed by atoms with van der Waals surface area (Å²) < 4.78 is 0. The van der Waals surface area contributed by atoms with E-state index in [0.717, 1.165) is 6.42 Å². The number of thiophene rings is 1. The highest BCUT2D eigenvalue weighted by Crippen LogP contribution is 2.35. The van der Waals surface area contributed by atoms with Gasteiger partial charge in [-0.15, -0.1) is 17.9 Å². The zero-order valence-corrected chi connectivity index (χ0v) is 10.7. The van der Waals surface area contributed by atoms with E-state index >= 15 is 0 Å². The summed E-state index contributed by atoms with van der Waals surface area (Å²) in [7, 11) is 2.03. The summed E-state index contributed by atoms with van der Waals surface area (Å²) in [4.78, 5) is 3.08. The maximum Gasteiger partial charge on any atom is 0.0447 e. The summed E-state index contributed by atoms with van der Waals surface area (Å²) in [6, 6.07) is 2.85. The van der Waals surface area contributed by atoms with Gasteiger partial charge in [0, 0.05) is 21.5 Å². The van der Waals surface area contributed by atoms with Crippen molar-refractivity contribution in [1.82, 2.24) is 5.32 Å². The summed E-state index contributed by atoms with van der Waals surface area (Å²) >= 11 is 4.03. The Bertz CT molecular complexity index is 320. The quantitative estimate of drug-likeness (QED) is 0.809. The molecule has 1 atom stereocenters. The molecule has 1 aliphatic rings. The van der Waals surface area contributed by atoms with Crippen LogP contribution in [-0.2, 0) is 12.2 Å². The molecule has 1 nitrogen and oxygen atoms in total. The van der Waals surface area contributed by atoms with E-state index in [1.807, 2.05) is 36.2 Å². The van der Waals surface area contributed by atoms with Gasteiger partial charge in [-0.25, -0.2) is 0 Å². The lowest BCUT2D eigenvalue weighted by atomic mass is 10.1. The molecule has 0 bridgehead atoms. The van der Waals surface area contributed by atoms with E-state index in [-0.39, 0.29) is 0 Å². The Labute approximate surface area is 100.0 Å². The second kappa shape index (κ2) is 5.19. The second-order valence-corrected chi connectivity index (χ2v) is 6.04. The van der Waals surface area contributed by atoms with E-state index in [9.17, 15) is 0 Å². The molecule has 15 heavy (non-hydrogen) atoms. The molecular formula is C12H17NS2. The van der Waals surface area contributed by atoms with Crippen molar-refractivity contribution in [1.29, 1.82) is 0 Å². The molecule has 1 aliphatic heterocycles. The topological polar surface area (TPSA) is 12.0 Å². The average molecular weight is 239 g/mol. The molecular weight excluding hydrogens is 222 g/mol. The third-order valence-electron chi connectivity index (χ3n) is 2.74. The third kappa shape index (κ3) is 2.47. The maximum atomic E-state index is 3.82. The number of fused-ring (bicyclic) bond motifs is 1. The molecule has 0 saturated carbocycles. The first-order valence-electron chi connectivity index (χ1n) is 5.32. The largest absolute Gasteiger partial charge is 0.312 e. The van der Waals surface area contributed by atoms with E-state index in [1.165, 1.54) is 22.8 Å². The molecule has 1 N–H and O–H groups in total. The lowest BCUT2D eigenvalue weighted by Crippen LogP contribution is -2.13. The van der Waals surface area contributed by atoms with Crippen LogP contribution < -0.4 is 5.32 Å². The molecule has 0 fully saturated rings. The third-order valence-corrected chi connectivity index (χ3v) is 5.10. The fraction of sp³-hybridized carbons (Fsp3) is 0.500. The Balaban J connectivity index is 2.20. The van der Waals surface area contributed by atoms with Crippen LogP contribution in [0.2, 0.25) is 0 Å². The van der Waals surface area contributed by atoms with Crippen LogP contribution in [-0.4, -0.2) is 12.8 Å². The molecule has 0 aliphatic carbocycles. The van der Waals surface area contributed by atoms with Gasteiger partial charge in [0.15, 0.2) is 0 Å². The van der Waals surface area contributed by atoms with Crippen molar-refractivity contribution < 1.29 is 0 Å². The highest BCUT2D eigenvalue weighted by molar-refractivity contribution is 7.98. The van der Waals surface area contributed by atoms with Crippen molar-refractivity contribution in [3.05, 3.63) is 34.0 Å². The minimum Gasteiger partial charge on any atom is -0.312 e. The highest BCUT2D eigenvalue weighted by Gasteiger charge is 2.17. The van der Waals surface area contributed by atoms with Crippen molar-refractivity contribution in [2.24, 2.45) is 0 Å². The van der Waals surface area contributed by atoms with Crippen molar-refractivity contribution in [3.8, 4) is 0 Å². The van der Waals surface area contributed by atoms with Gasteiger partial charge < -0.3 is 5.32 Å². The molecule has 0 saturated heterocycles. The average Bonchev–Trinajstić information content (AvgIpc) is 2.69. The van der Waals surface area contributed by atoms with E-state index in [1.54, 1.807) is 10.4 Å². The Morgan fingerprint density at radius 2 is 2.53 bits per heavy atom. The van der Waals surface area contributed by atoms with Gasteiger partial charge in [0.1, 0.15) is 0 Å². The number of rotatable bonds is 4. The van der Waals surface area contributed by atoms with Crippen molar-refractivity contribution in [3.63, 3.8) is 0 Å². The summed E-state index contributed by atoms with van der Waals surface area (Å²) in [6.07, 6.45) is 4.27. The van der Waals surface area contributed by atoms with E-state index < -0.39 is 0 Å². The van der Waals surface area contributed by atoms with E-state index in [0.29, 0.717) is 6.04 Å². The van der Waals surface area contributed by atoms with E-state index in [4.69, 9.17) is 0 Å². The van der Waals surface area contributed by atoms with Crippen LogP contribution in [0.4, 0.5) is 0 Å². The molecule has 2 heterocycles. The molecule has 0 spiro atoms. The van der Waals surface area contributed by atoms with Gasteiger partial charge in [-0.05, 0) is 37.3 Å². The van der Waals surface area contributed by atoms with Crippen LogP contribution in [0.3, 0.4) is 0 Å². The Hall–Kier alpha value is -0.250. The molecule has 1 aromatic rings. The molecule has 0 amide bonds. The first-order chi connectivity index (χ1) is 7.35. The number of thioether (sulfide) groups is 1. The monoisotopic (exact) mass is 239 g/mol. The van der Waals surface area contributed by atoms with Crippen molar-refractivity contribution in [2.45, 2.75) is 24.6 Å². The van der Waals surface area contributed by atoms with Crippen molar-refractivity contribution >= 4 is 23.1 Å². The van der Waals surface area contributed by atoms with Gasteiger partial charge in [0.2, 0.25) is 0 Å². The molecule has 0 radical (unpaired) electrons. The molecule has 82 valence electrons. The summed E-state index contributed by atoms with van der Waals surface area (Å²) in [6.45, 7) is 3.82. The zero-order chi connectivity index (χ0) is 10.7. The molecule has 1 aromatic heterocycles. The Morgan fingerprint density at radius 3 is 3.20 bits per heavy atom. The summed E-state index contributed by atoms with van der Waals surface area (Å²) in [5.74, 6) is 2.50. The minimum absolute atomic E-state index is 0.461. The van der Waals surface area contributed by atoms with Crippen LogP contribution in [0.25, 0.3) is 0 Å². The number of nitrogens with one attached hydrogen (secondary N) is 1. The maximum absolute atomic E-state index is 3.82. The molecule has 2 rings (SSSR count). The fourth-order valence-corrected chi connectivity index (χ4v) is 4.38. The molecule has 1 unspecified atom stereocenters. The predicted molar refractivity (Wildman–Crippen MR) is 70.8 cm³/mol. The zero-order valence-electron chi connectivity index (χ0n) is 9.08. The fourth-order valence-electron chi connectivity index (χ4n) is 1.88. The van der Waals surface area contributed by atoms with Crippen LogP contribution in [0.5, 0.6) is 0 Å². The standard InChI is InChI=1S/C12H17NS2/c1-3-4-10(13-2)12-7-9-8-14-6-5-11(9)15-12/h3,7,10,13H,1,4-6,8H2,2H3. The van der Waals surface area contributed by atoms with Gasteiger partial charge in [0.25, 0.3) is 0 Å². The predicted octanol–water partition coefficient (Wildman–Crippen LogP) is 3.37. The van der Waals surface area contributed by atoms with Gasteiger partial charge in [-0.2, -0.15) is 11.8 Å². The number of hydrogen-bond donors (Lipinski definition) is 1. The van der Waals surface area contributed by atoms with Crippen molar-refractivity contribution in [2.75, 3.05) is 12.8 Å². The second-order valence-electron chi connectivity index (χ2n) is 3.77.